The summed E-state index contributed by atoms with van der Waals surface area (Å²) in [5.41, 5.74) is 3.57. The summed E-state index contributed by atoms with van der Waals surface area (Å²) in [5.74, 6) is 1.70. The fraction of sp³-hybridized carbons (Fsp3) is 0.273. The monoisotopic (exact) mass is 279 g/mol. The topological polar surface area (TPSA) is 30.7 Å². The van der Waals surface area contributed by atoms with Crippen molar-refractivity contribution in [3.05, 3.63) is 29.3 Å². The third kappa shape index (κ3) is 2.87. The van der Waals surface area contributed by atoms with Crippen molar-refractivity contribution in [2.75, 3.05) is 0 Å². The summed E-state index contributed by atoms with van der Waals surface area (Å²) in [6.07, 6.45) is 0.599. The molecule has 0 spiro atoms. The molecule has 0 amide bonds. The molecule has 98 valence electrons. The average molecular weight is 278 g/mol. The summed E-state index contributed by atoms with van der Waals surface area (Å²) in [5, 5.41) is 4.46. The van der Waals surface area contributed by atoms with Gasteiger partial charge < -0.3 is 0 Å². The van der Waals surface area contributed by atoms with Crippen LogP contribution in [0.4, 0.5) is 0 Å². The van der Waals surface area contributed by atoms with Crippen molar-refractivity contribution in [3.63, 3.8) is 0 Å². The molecule has 20 heavy (non-hydrogen) atoms. The quantitative estimate of drug-likeness (QED) is 0.528. The van der Waals surface area contributed by atoms with Crippen LogP contribution in [0.3, 0.4) is 0 Å². The predicted octanol–water partition coefficient (Wildman–Crippen LogP) is -1.85. The first-order valence-electron chi connectivity index (χ1n) is 7.05. The van der Waals surface area contributed by atoms with Crippen molar-refractivity contribution in [1.82, 2.24) is 14.8 Å². The first-order valence-corrected chi connectivity index (χ1v) is 7.50. The van der Waals surface area contributed by atoms with E-state index in [-0.39, 0.29) is 0 Å². The summed E-state index contributed by atoms with van der Waals surface area (Å²) >= 11 is 4.68. The highest BCUT2D eigenvalue weighted by Crippen LogP contribution is 2.18. The van der Waals surface area contributed by atoms with E-state index in [4.69, 9.17) is 0 Å². The second-order valence-electron chi connectivity index (χ2n) is 5.85. The van der Waals surface area contributed by atoms with Crippen molar-refractivity contribution in [3.8, 4) is 5.69 Å². The molecule has 0 bridgehead atoms. The SMILES string of the molecule is BB(B)B(B)c1cc(C)c(-n2nc(C)nc2C)cc1S. The Morgan fingerprint density at radius 1 is 1.15 bits per heavy atom. The Morgan fingerprint density at radius 3 is 2.30 bits per heavy atom. The zero-order chi connectivity index (χ0) is 15.0. The number of hydrogen-bond acceptors (Lipinski definition) is 3. The minimum absolute atomic E-state index is 0.494. The lowest BCUT2D eigenvalue weighted by Crippen LogP contribution is -2.48. The van der Waals surface area contributed by atoms with E-state index in [0.29, 0.717) is 12.9 Å². The van der Waals surface area contributed by atoms with E-state index < -0.39 is 0 Å². The van der Waals surface area contributed by atoms with E-state index in [1.807, 2.05) is 18.5 Å². The standard InChI is InChI=1S/C11H18B5N3S/c1-6-4-9(15(12)16(13)14)11(20)5-10(6)19-8(3)17-7(2)18-19/h4-5,20H,12-14H2,1-3H3. The number of hydrogen-bond donors (Lipinski definition) is 1. The second kappa shape index (κ2) is 5.80. The van der Waals surface area contributed by atoms with E-state index in [9.17, 15) is 0 Å². The molecule has 0 radical (unpaired) electrons. The number of rotatable bonds is 3. The van der Waals surface area contributed by atoms with Gasteiger partial charge in [0.2, 0.25) is 0 Å². The molecule has 0 saturated heterocycles. The van der Waals surface area contributed by atoms with Gasteiger partial charge in [0, 0.05) is 6.39 Å². The van der Waals surface area contributed by atoms with Crippen LogP contribution in [-0.4, -0.2) is 50.9 Å². The highest BCUT2D eigenvalue weighted by molar-refractivity contribution is 7.81. The molecule has 0 aliphatic rings. The van der Waals surface area contributed by atoms with Crippen molar-refractivity contribution in [2.24, 2.45) is 0 Å². The van der Waals surface area contributed by atoms with Gasteiger partial charge in [0.05, 0.1) is 35.4 Å². The number of aryl methyl sites for hydroxylation is 3. The average Bonchev–Trinajstić information content (AvgIpc) is 2.69. The maximum atomic E-state index is 4.68. The van der Waals surface area contributed by atoms with Crippen LogP contribution < -0.4 is 5.46 Å². The molecule has 2 rings (SSSR count). The maximum absolute atomic E-state index is 4.68. The van der Waals surface area contributed by atoms with Crippen LogP contribution in [0.5, 0.6) is 0 Å². The molecule has 1 aromatic heterocycles. The molecule has 2 aromatic rings. The molecule has 0 fully saturated rings. The molecule has 1 heterocycles. The van der Waals surface area contributed by atoms with Crippen LogP contribution in [-0.2, 0) is 0 Å². The molecule has 0 aliphatic carbocycles. The van der Waals surface area contributed by atoms with Crippen LogP contribution in [0.2, 0.25) is 0 Å². The van der Waals surface area contributed by atoms with Gasteiger partial charge in [-0.25, -0.2) is 9.67 Å². The summed E-state index contributed by atoms with van der Waals surface area (Å²) in [6, 6.07) is 4.34. The summed E-state index contributed by atoms with van der Waals surface area (Å²) in [6.45, 7) is 6.50. The smallest absolute Gasteiger partial charge is 0.148 e. The van der Waals surface area contributed by atoms with Gasteiger partial charge in [-0.3, -0.25) is 0 Å². The normalized spacial score (nSPS) is 10.6. The molecule has 0 aliphatic heterocycles. The predicted molar refractivity (Wildman–Crippen MR) is 99.6 cm³/mol. The van der Waals surface area contributed by atoms with Crippen LogP contribution in [0.15, 0.2) is 17.0 Å². The second-order valence-corrected chi connectivity index (χ2v) is 6.33. The maximum Gasteiger partial charge on any atom is 0.148 e. The Balaban J connectivity index is 2.53. The third-order valence-corrected chi connectivity index (χ3v) is 4.33. The van der Waals surface area contributed by atoms with E-state index in [1.54, 1.807) is 0 Å². The minimum Gasteiger partial charge on any atom is -0.218 e. The first-order chi connectivity index (χ1) is 9.31. The Kier molecular flexibility index (Phi) is 4.47. The molecule has 0 saturated carbocycles. The lowest BCUT2D eigenvalue weighted by molar-refractivity contribution is 0.823. The van der Waals surface area contributed by atoms with Gasteiger partial charge >= 0.3 is 0 Å². The van der Waals surface area contributed by atoms with Crippen molar-refractivity contribution >= 4 is 54.2 Å². The molecule has 9 heteroatoms. The fourth-order valence-electron chi connectivity index (χ4n) is 2.41. The summed E-state index contributed by atoms with van der Waals surface area (Å²) < 4.78 is 1.90. The summed E-state index contributed by atoms with van der Waals surface area (Å²) in [7, 11) is 6.74. The van der Waals surface area contributed by atoms with Crippen LogP contribution in [0, 0.1) is 20.8 Å². The molecule has 1 aromatic carbocycles. The number of nitrogens with zero attached hydrogens (tertiary/aromatic N) is 3. The van der Waals surface area contributed by atoms with Crippen LogP contribution in [0.25, 0.3) is 5.69 Å². The lowest BCUT2D eigenvalue weighted by atomic mass is 8.86. The van der Waals surface area contributed by atoms with Crippen LogP contribution in [0.1, 0.15) is 17.2 Å². The van der Waals surface area contributed by atoms with E-state index in [0.717, 1.165) is 22.2 Å². The largest absolute Gasteiger partial charge is 0.218 e. The molecular formula is C11H18B5N3S. The Morgan fingerprint density at radius 2 is 1.80 bits per heavy atom. The molecule has 0 atom stereocenters. The van der Waals surface area contributed by atoms with Gasteiger partial charge in [-0.15, -0.1) is 12.6 Å². The molecular weight excluding hydrogens is 260 g/mol. The van der Waals surface area contributed by atoms with Gasteiger partial charge in [-0.2, -0.15) is 5.10 Å². The Bertz CT molecular complexity index is 643. The van der Waals surface area contributed by atoms with Gasteiger partial charge in [-0.1, -0.05) is 11.5 Å². The first kappa shape index (κ1) is 15.4. The van der Waals surface area contributed by atoms with E-state index >= 15 is 0 Å². The Hall–Kier alpha value is -0.965. The fourth-order valence-corrected chi connectivity index (χ4v) is 2.80. The number of thiol groups is 1. The van der Waals surface area contributed by atoms with Crippen molar-refractivity contribution < 1.29 is 0 Å². The van der Waals surface area contributed by atoms with Crippen LogP contribution >= 0.6 is 12.6 Å². The van der Waals surface area contributed by atoms with Gasteiger partial charge in [-0.05, 0) is 37.3 Å². The van der Waals surface area contributed by atoms with Gasteiger partial charge in [0.15, 0.2) is 0 Å². The van der Waals surface area contributed by atoms with Crippen molar-refractivity contribution in [2.45, 2.75) is 25.7 Å². The molecule has 0 N–H and O–H groups in total. The minimum atomic E-state index is 0.494. The highest BCUT2D eigenvalue weighted by atomic mass is 32.1. The highest BCUT2D eigenvalue weighted by Gasteiger charge is 2.20. The zero-order valence-corrected chi connectivity index (χ0v) is 14.0. The molecule has 0 unspecified atom stereocenters. The zero-order valence-electron chi connectivity index (χ0n) is 13.1. The Labute approximate surface area is 130 Å². The van der Waals surface area contributed by atoms with E-state index in [2.05, 4.69) is 65.0 Å². The van der Waals surface area contributed by atoms with Gasteiger partial charge in [0.25, 0.3) is 0 Å². The number of aromatic nitrogens is 3. The lowest BCUT2D eigenvalue weighted by Gasteiger charge is -2.17. The van der Waals surface area contributed by atoms with Crippen molar-refractivity contribution in [1.29, 1.82) is 0 Å². The van der Waals surface area contributed by atoms with Gasteiger partial charge in [0.1, 0.15) is 11.6 Å². The summed E-state index contributed by atoms with van der Waals surface area (Å²) in [4.78, 5) is 5.40. The third-order valence-electron chi connectivity index (χ3n) is 3.94. The number of benzene rings is 1. The molecule has 3 nitrogen and oxygen atoms in total. The van der Waals surface area contributed by atoms with E-state index in [1.165, 1.54) is 11.0 Å².